The van der Waals surface area contributed by atoms with E-state index in [1.54, 1.807) is 32.0 Å². The molecule has 2 aromatic rings. The van der Waals surface area contributed by atoms with Crippen molar-refractivity contribution in [3.05, 3.63) is 58.7 Å². The van der Waals surface area contributed by atoms with Crippen molar-refractivity contribution in [2.24, 2.45) is 5.92 Å². The Hall–Kier alpha value is -3.68. The zero-order valence-corrected chi connectivity index (χ0v) is 18.1. The highest BCUT2D eigenvalue weighted by molar-refractivity contribution is 6.07. The van der Waals surface area contributed by atoms with E-state index in [0.29, 0.717) is 36.3 Å². The summed E-state index contributed by atoms with van der Waals surface area (Å²) in [5, 5.41) is 20.7. The molecule has 32 heavy (non-hydrogen) atoms. The maximum atomic E-state index is 12.7. The minimum Gasteiger partial charge on any atom is -0.507 e. The molecule has 1 aliphatic carbocycles. The molecular formula is C24H26N2O6. The first-order valence-corrected chi connectivity index (χ1v) is 10.5. The van der Waals surface area contributed by atoms with Crippen molar-refractivity contribution in [3.63, 3.8) is 0 Å². The number of aromatic hydroxyl groups is 1. The molecule has 1 aliphatic rings. The summed E-state index contributed by atoms with van der Waals surface area (Å²) in [5.41, 5.74) is 2.27. The van der Waals surface area contributed by atoms with E-state index >= 15 is 0 Å². The fraction of sp³-hybridized carbons (Fsp3) is 0.333. The number of carbonyl (C=O) groups excluding carboxylic acids is 3. The first-order chi connectivity index (χ1) is 15.3. The van der Waals surface area contributed by atoms with Crippen molar-refractivity contribution in [3.8, 4) is 5.75 Å². The predicted molar refractivity (Wildman–Crippen MR) is 118 cm³/mol. The molecule has 0 fully saturated rings. The number of rotatable bonds is 7. The second-order valence-electron chi connectivity index (χ2n) is 7.43. The summed E-state index contributed by atoms with van der Waals surface area (Å²) < 4.78 is 10.0. The molecule has 0 heterocycles. The Morgan fingerprint density at radius 3 is 2.56 bits per heavy atom. The minimum atomic E-state index is -0.515. The van der Waals surface area contributed by atoms with Crippen LogP contribution in [-0.4, -0.2) is 41.9 Å². The van der Waals surface area contributed by atoms with Gasteiger partial charge < -0.3 is 19.9 Å². The van der Waals surface area contributed by atoms with Gasteiger partial charge in [-0.3, -0.25) is 19.8 Å². The lowest BCUT2D eigenvalue weighted by Crippen LogP contribution is -2.26. The summed E-state index contributed by atoms with van der Waals surface area (Å²) in [6.07, 6.45) is 1.21. The first kappa shape index (κ1) is 23.0. The summed E-state index contributed by atoms with van der Waals surface area (Å²) in [4.78, 5) is 37.1. The van der Waals surface area contributed by atoms with Gasteiger partial charge in [-0.15, -0.1) is 0 Å². The number of fused-ring (bicyclic) bond motifs is 1. The molecule has 0 spiro atoms. The largest absolute Gasteiger partial charge is 0.507 e. The van der Waals surface area contributed by atoms with Crippen molar-refractivity contribution >= 4 is 29.2 Å². The van der Waals surface area contributed by atoms with E-state index in [4.69, 9.17) is 14.9 Å². The highest BCUT2D eigenvalue weighted by atomic mass is 16.5. The molecule has 0 aromatic heterocycles. The number of ketones is 1. The third-order valence-electron chi connectivity index (χ3n) is 5.27. The first-order valence-electron chi connectivity index (χ1n) is 10.5. The Bertz CT molecular complexity index is 1060. The SMILES string of the molecule is CCOC(=N)c1ccc(C(=O)Nc2ccc3c(c2)CCC(CC(=O)OCC)C3=O)c(O)c1. The molecule has 168 valence electrons. The van der Waals surface area contributed by atoms with E-state index in [-0.39, 0.29) is 42.0 Å². The van der Waals surface area contributed by atoms with E-state index in [1.807, 2.05) is 0 Å². The molecule has 1 amide bonds. The number of hydrogen-bond donors (Lipinski definition) is 3. The zero-order chi connectivity index (χ0) is 23.3. The standard InChI is InChI=1S/C24H26N2O6/c1-3-31-21(28)13-15-6-5-14-11-17(8-10-18(14)22(15)29)26-24(30)19-9-7-16(12-20(19)27)23(25)32-4-2/h7-12,15,25,27H,3-6,13H2,1-2H3,(H,26,30). The Labute approximate surface area is 186 Å². The molecular weight excluding hydrogens is 412 g/mol. The van der Waals surface area contributed by atoms with Crippen molar-refractivity contribution in [1.29, 1.82) is 5.41 Å². The number of anilines is 1. The monoisotopic (exact) mass is 438 g/mol. The molecule has 1 unspecified atom stereocenters. The van der Waals surface area contributed by atoms with Gasteiger partial charge in [0.1, 0.15) is 5.75 Å². The van der Waals surface area contributed by atoms with Crippen LogP contribution in [0.4, 0.5) is 5.69 Å². The molecule has 0 bridgehead atoms. The van der Waals surface area contributed by atoms with Gasteiger partial charge in [-0.2, -0.15) is 0 Å². The lowest BCUT2D eigenvalue weighted by Gasteiger charge is -2.23. The van der Waals surface area contributed by atoms with Gasteiger partial charge in [0.2, 0.25) is 5.90 Å². The molecule has 0 saturated heterocycles. The van der Waals surface area contributed by atoms with Crippen molar-refractivity contribution < 1.29 is 29.0 Å². The van der Waals surface area contributed by atoms with Crippen LogP contribution in [0.2, 0.25) is 0 Å². The van der Waals surface area contributed by atoms with Gasteiger partial charge in [-0.05, 0) is 68.7 Å². The van der Waals surface area contributed by atoms with Crippen LogP contribution in [0.25, 0.3) is 0 Å². The lowest BCUT2D eigenvalue weighted by molar-refractivity contribution is -0.144. The molecule has 3 rings (SSSR count). The molecule has 0 aliphatic heterocycles. The Morgan fingerprint density at radius 1 is 1.12 bits per heavy atom. The van der Waals surface area contributed by atoms with Crippen molar-refractivity contribution in [2.75, 3.05) is 18.5 Å². The number of amides is 1. The van der Waals surface area contributed by atoms with Gasteiger partial charge in [0, 0.05) is 22.7 Å². The fourth-order valence-corrected chi connectivity index (χ4v) is 3.71. The second kappa shape index (κ2) is 10.1. The average molecular weight is 438 g/mol. The van der Waals surface area contributed by atoms with E-state index in [9.17, 15) is 19.5 Å². The van der Waals surface area contributed by atoms with Crippen LogP contribution in [0.3, 0.4) is 0 Å². The number of esters is 1. The Morgan fingerprint density at radius 2 is 1.88 bits per heavy atom. The van der Waals surface area contributed by atoms with E-state index < -0.39 is 11.8 Å². The summed E-state index contributed by atoms with van der Waals surface area (Å²) in [5.74, 6) is -1.73. The molecule has 8 heteroatoms. The van der Waals surface area contributed by atoms with Gasteiger partial charge in [0.05, 0.1) is 25.2 Å². The van der Waals surface area contributed by atoms with Gasteiger partial charge in [-0.1, -0.05) is 0 Å². The van der Waals surface area contributed by atoms with Crippen LogP contribution >= 0.6 is 0 Å². The normalized spacial score (nSPS) is 14.9. The second-order valence-corrected chi connectivity index (χ2v) is 7.43. The van der Waals surface area contributed by atoms with Gasteiger partial charge >= 0.3 is 5.97 Å². The number of ether oxygens (including phenoxy) is 2. The third-order valence-corrected chi connectivity index (χ3v) is 5.27. The van der Waals surface area contributed by atoms with Crippen LogP contribution in [0.15, 0.2) is 36.4 Å². The summed E-state index contributed by atoms with van der Waals surface area (Å²) in [7, 11) is 0. The molecule has 8 nitrogen and oxygen atoms in total. The number of phenolic OH excluding ortho intramolecular Hbond substituents is 1. The smallest absolute Gasteiger partial charge is 0.306 e. The van der Waals surface area contributed by atoms with E-state index in [1.165, 1.54) is 18.2 Å². The minimum absolute atomic E-state index is 0.0568. The lowest BCUT2D eigenvalue weighted by atomic mass is 9.81. The van der Waals surface area contributed by atoms with Crippen LogP contribution in [0, 0.1) is 11.3 Å². The van der Waals surface area contributed by atoms with Crippen molar-refractivity contribution in [1.82, 2.24) is 0 Å². The van der Waals surface area contributed by atoms with Crippen LogP contribution < -0.4 is 5.32 Å². The molecule has 1 atom stereocenters. The number of carbonyl (C=O) groups is 3. The summed E-state index contributed by atoms with van der Waals surface area (Å²) in [6.45, 7) is 4.09. The maximum absolute atomic E-state index is 12.7. The molecule has 2 aromatic carbocycles. The van der Waals surface area contributed by atoms with Gasteiger partial charge in [0.25, 0.3) is 5.91 Å². The topological polar surface area (TPSA) is 126 Å². The van der Waals surface area contributed by atoms with Crippen LogP contribution in [0.1, 0.15) is 58.5 Å². The predicted octanol–water partition coefficient (Wildman–Crippen LogP) is 3.70. The third kappa shape index (κ3) is 5.14. The van der Waals surface area contributed by atoms with Gasteiger partial charge in [0.15, 0.2) is 5.78 Å². The number of Topliss-reactive ketones (excluding diaryl/α,β-unsaturated/α-hetero) is 1. The zero-order valence-electron chi connectivity index (χ0n) is 18.1. The Balaban J connectivity index is 1.71. The van der Waals surface area contributed by atoms with E-state index in [0.717, 1.165) is 5.56 Å². The number of benzene rings is 2. The number of nitrogens with one attached hydrogen (secondary N) is 2. The summed E-state index contributed by atoms with van der Waals surface area (Å²) in [6, 6.07) is 9.27. The number of hydrogen-bond acceptors (Lipinski definition) is 7. The highest BCUT2D eigenvalue weighted by Crippen LogP contribution is 2.30. The summed E-state index contributed by atoms with van der Waals surface area (Å²) >= 11 is 0. The van der Waals surface area contributed by atoms with Crippen LogP contribution in [0.5, 0.6) is 5.75 Å². The molecule has 3 N–H and O–H groups in total. The molecule has 0 radical (unpaired) electrons. The number of phenols is 1. The van der Waals surface area contributed by atoms with Crippen LogP contribution in [-0.2, 0) is 20.7 Å². The Kier molecular flexibility index (Phi) is 7.25. The van der Waals surface area contributed by atoms with Gasteiger partial charge in [-0.25, -0.2) is 0 Å². The van der Waals surface area contributed by atoms with Crippen molar-refractivity contribution in [2.45, 2.75) is 33.1 Å². The number of aryl methyl sites for hydroxylation is 1. The van der Waals surface area contributed by atoms with E-state index in [2.05, 4.69) is 5.32 Å². The highest BCUT2D eigenvalue weighted by Gasteiger charge is 2.29. The molecule has 0 saturated carbocycles. The fourth-order valence-electron chi connectivity index (χ4n) is 3.71. The average Bonchev–Trinajstić information content (AvgIpc) is 2.76. The quantitative estimate of drug-likeness (QED) is 0.344. The maximum Gasteiger partial charge on any atom is 0.306 e.